The number of carboxylic acids is 2. The zero-order chi connectivity index (χ0) is 17.2. The second-order valence-electron chi connectivity index (χ2n) is 6.33. The van der Waals surface area contributed by atoms with Gasteiger partial charge in [0.15, 0.2) is 0 Å². The Labute approximate surface area is 137 Å². The summed E-state index contributed by atoms with van der Waals surface area (Å²) in [6.07, 6.45) is 8.50. The second kappa shape index (κ2) is 10.2. The first-order chi connectivity index (χ1) is 10.9. The first-order valence-electron chi connectivity index (χ1n) is 8.33. The van der Waals surface area contributed by atoms with Gasteiger partial charge >= 0.3 is 11.9 Å². The molecule has 0 spiro atoms. The Kier molecular flexibility index (Phi) is 8.61. The van der Waals surface area contributed by atoms with Gasteiger partial charge in [-0.1, -0.05) is 12.8 Å². The van der Waals surface area contributed by atoms with Gasteiger partial charge in [-0.05, 0) is 51.1 Å². The normalized spacial score (nSPS) is 18.8. The van der Waals surface area contributed by atoms with E-state index in [1.807, 2.05) is 11.9 Å². The van der Waals surface area contributed by atoms with Gasteiger partial charge in [-0.25, -0.2) is 9.59 Å². The van der Waals surface area contributed by atoms with E-state index in [1.54, 1.807) is 0 Å². The van der Waals surface area contributed by atoms with Gasteiger partial charge in [0, 0.05) is 19.5 Å². The number of hydrogen-bond acceptors (Lipinski definition) is 4. The SMILES string of the molecule is CN(CCC1CCNCC1)C(=O)C1CCCC1.O=C(O)C(=O)O. The van der Waals surface area contributed by atoms with Crippen LogP contribution in [0.5, 0.6) is 0 Å². The highest BCUT2D eigenvalue weighted by Gasteiger charge is 2.25. The summed E-state index contributed by atoms with van der Waals surface area (Å²) in [7, 11) is 1.99. The predicted molar refractivity (Wildman–Crippen MR) is 85.1 cm³/mol. The van der Waals surface area contributed by atoms with E-state index in [4.69, 9.17) is 19.8 Å². The first kappa shape index (κ1) is 19.4. The summed E-state index contributed by atoms with van der Waals surface area (Å²) in [4.78, 5) is 32.3. The van der Waals surface area contributed by atoms with E-state index < -0.39 is 11.9 Å². The van der Waals surface area contributed by atoms with Crippen molar-refractivity contribution in [1.29, 1.82) is 0 Å². The van der Waals surface area contributed by atoms with Gasteiger partial charge in [-0.3, -0.25) is 4.79 Å². The highest BCUT2D eigenvalue weighted by molar-refractivity contribution is 6.27. The van der Waals surface area contributed by atoms with Crippen LogP contribution in [0.1, 0.15) is 44.9 Å². The predicted octanol–water partition coefficient (Wildman–Crippen LogP) is 1.18. The summed E-state index contributed by atoms with van der Waals surface area (Å²) in [6, 6.07) is 0. The average molecular weight is 328 g/mol. The molecule has 0 radical (unpaired) electrons. The number of hydrogen-bond donors (Lipinski definition) is 3. The Hall–Kier alpha value is -1.63. The summed E-state index contributed by atoms with van der Waals surface area (Å²) >= 11 is 0. The molecule has 0 unspecified atom stereocenters. The van der Waals surface area contributed by atoms with Gasteiger partial charge in [-0.2, -0.15) is 0 Å². The quantitative estimate of drug-likeness (QED) is 0.669. The van der Waals surface area contributed by atoms with Gasteiger partial charge in [0.25, 0.3) is 0 Å². The van der Waals surface area contributed by atoms with Crippen LogP contribution in [0.3, 0.4) is 0 Å². The highest BCUT2D eigenvalue weighted by atomic mass is 16.4. The Balaban J connectivity index is 0.000000379. The largest absolute Gasteiger partial charge is 0.473 e. The molecule has 1 aliphatic heterocycles. The number of carboxylic acid groups (broad SMARTS) is 2. The highest BCUT2D eigenvalue weighted by Crippen LogP contribution is 2.26. The van der Waals surface area contributed by atoms with E-state index in [1.165, 1.54) is 32.1 Å². The summed E-state index contributed by atoms with van der Waals surface area (Å²) < 4.78 is 0. The maximum Gasteiger partial charge on any atom is 0.414 e. The lowest BCUT2D eigenvalue weighted by atomic mass is 9.94. The third-order valence-corrected chi connectivity index (χ3v) is 4.60. The fourth-order valence-corrected chi connectivity index (χ4v) is 3.14. The topological polar surface area (TPSA) is 107 Å². The van der Waals surface area contributed by atoms with Crippen molar-refractivity contribution in [2.45, 2.75) is 44.9 Å². The number of aliphatic carboxylic acids is 2. The molecule has 0 atom stereocenters. The van der Waals surface area contributed by atoms with Crippen molar-refractivity contribution >= 4 is 17.8 Å². The minimum Gasteiger partial charge on any atom is -0.473 e. The molecule has 1 saturated heterocycles. The van der Waals surface area contributed by atoms with Gasteiger partial charge in [-0.15, -0.1) is 0 Å². The van der Waals surface area contributed by atoms with Crippen molar-refractivity contribution in [2.24, 2.45) is 11.8 Å². The molecule has 0 aromatic carbocycles. The van der Waals surface area contributed by atoms with Crippen LogP contribution in [0.15, 0.2) is 0 Å². The Morgan fingerprint density at radius 1 is 1.00 bits per heavy atom. The molecule has 2 aliphatic rings. The van der Waals surface area contributed by atoms with Gasteiger partial charge in [0.1, 0.15) is 0 Å². The van der Waals surface area contributed by atoms with Crippen molar-refractivity contribution in [2.75, 3.05) is 26.7 Å². The number of rotatable bonds is 4. The third-order valence-electron chi connectivity index (χ3n) is 4.60. The van der Waals surface area contributed by atoms with Crippen LogP contribution in [0.2, 0.25) is 0 Å². The Morgan fingerprint density at radius 3 is 2.00 bits per heavy atom. The fraction of sp³-hybridized carbons (Fsp3) is 0.812. The summed E-state index contributed by atoms with van der Waals surface area (Å²) in [5, 5.41) is 18.2. The maximum atomic E-state index is 12.1. The number of carbonyl (C=O) groups excluding carboxylic acids is 1. The van der Waals surface area contributed by atoms with Crippen molar-refractivity contribution in [3.8, 4) is 0 Å². The summed E-state index contributed by atoms with van der Waals surface area (Å²) in [5.41, 5.74) is 0. The molecule has 2 fully saturated rings. The number of nitrogens with one attached hydrogen (secondary N) is 1. The van der Waals surface area contributed by atoms with E-state index in [-0.39, 0.29) is 0 Å². The monoisotopic (exact) mass is 328 g/mol. The number of nitrogens with zero attached hydrogens (tertiary/aromatic N) is 1. The fourth-order valence-electron chi connectivity index (χ4n) is 3.14. The Morgan fingerprint density at radius 2 is 1.52 bits per heavy atom. The molecular formula is C16H28N2O5. The molecule has 0 bridgehead atoms. The van der Waals surface area contributed by atoms with Crippen LogP contribution in [0.4, 0.5) is 0 Å². The molecule has 1 amide bonds. The average Bonchev–Trinajstić information content (AvgIpc) is 3.07. The van der Waals surface area contributed by atoms with Crippen molar-refractivity contribution in [3.63, 3.8) is 0 Å². The van der Waals surface area contributed by atoms with Crippen LogP contribution < -0.4 is 5.32 Å². The molecule has 7 heteroatoms. The number of carbonyl (C=O) groups is 3. The van der Waals surface area contributed by atoms with Crippen LogP contribution in [0, 0.1) is 11.8 Å². The third kappa shape index (κ3) is 7.45. The van der Waals surface area contributed by atoms with Crippen LogP contribution >= 0.6 is 0 Å². The van der Waals surface area contributed by atoms with E-state index in [9.17, 15) is 4.79 Å². The Bertz CT molecular complexity index is 389. The molecule has 2 rings (SSSR count). The van der Waals surface area contributed by atoms with E-state index in [0.29, 0.717) is 11.8 Å². The van der Waals surface area contributed by atoms with Crippen molar-refractivity contribution < 1.29 is 24.6 Å². The molecule has 7 nitrogen and oxygen atoms in total. The van der Waals surface area contributed by atoms with E-state index in [0.717, 1.165) is 38.4 Å². The zero-order valence-corrected chi connectivity index (χ0v) is 13.8. The lowest BCUT2D eigenvalue weighted by Gasteiger charge is -2.26. The van der Waals surface area contributed by atoms with E-state index >= 15 is 0 Å². The molecule has 132 valence electrons. The first-order valence-corrected chi connectivity index (χ1v) is 8.33. The lowest BCUT2D eigenvalue weighted by Crippen LogP contribution is -2.35. The smallest absolute Gasteiger partial charge is 0.414 e. The number of piperidine rings is 1. The molecule has 1 heterocycles. The minimum atomic E-state index is -1.82. The van der Waals surface area contributed by atoms with Crippen LogP contribution in [0.25, 0.3) is 0 Å². The van der Waals surface area contributed by atoms with E-state index in [2.05, 4.69) is 5.32 Å². The molecule has 0 aromatic heterocycles. The van der Waals surface area contributed by atoms with Crippen LogP contribution in [-0.4, -0.2) is 59.6 Å². The number of amides is 1. The van der Waals surface area contributed by atoms with Crippen molar-refractivity contribution in [3.05, 3.63) is 0 Å². The standard InChI is InChI=1S/C14H26N2O.C2H2O4/c1-16(14(17)13-4-2-3-5-13)11-8-12-6-9-15-10-7-12;3-1(4)2(5)6/h12-13,15H,2-11H2,1H3;(H,3,4)(H,5,6). The lowest BCUT2D eigenvalue weighted by molar-refractivity contribution is -0.159. The van der Waals surface area contributed by atoms with Gasteiger partial charge in [0.05, 0.1) is 0 Å². The molecular weight excluding hydrogens is 300 g/mol. The molecule has 0 aromatic rings. The van der Waals surface area contributed by atoms with Crippen LogP contribution in [-0.2, 0) is 14.4 Å². The summed E-state index contributed by atoms with van der Waals surface area (Å²) in [5.74, 6) is -2.08. The molecule has 1 saturated carbocycles. The zero-order valence-electron chi connectivity index (χ0n) is 13.8. The molecule has 1 aliphatic carbocycles. The van der Waals surface area contributed by atoms with Gasteiger partial charge in [0.2, 0.25) is 5.91 Å². The van der Waals surface area contributed by atoms with Crippen molar-refractivity contribution in [1.82, 2.24) is 10.2 Å². The minimum absolute atomic E-state index is 0.341. The van der Waals surface area contributed by atoms with Gasteiger partial charge < -0.3 is 20.4 Å². The molecule has 23 heavy (non-hydrogen) atoms. The maximum absolute atomic E-state index is 12.1. The summed E-state index contributed by atoms with van der Waals surface area (Å²) in [6.45, 7) is 3.27. The molecule has 3 N–H and O–H groups in total. The second-order valence-corrected chi connectivity index (χ2v) is 6.33.